The van der Waals surface area contributed by atoms with E-state index in [2.05, 4.69) is 37.6 Å². The molecule has 1 heterocycles. The topological polar surface area (TPSA) is 94.5 Å². The minimum Gasteiger partial charge on any atom is -0.471 e. The second kappa shape index (κ2) is 7.04. The van der Waals surface area contributed by atoms with Crippen LogP contribution >= 0.6 is 0 Å². The molecule has 0 saturated carbocycles. The maximum Gasteiger partial charge on any atom is 0.331 e. The summed E-state index contributed by atoms with van der Waals surface area (Å²) in [5, 5.41) is 10.9. The summed E-state index contributed by atoms with van der Waals surface area (Å²) in [6, 6.07) is 3.45. The van der Waals surface area contributed by atoms with Crippen LogP contribution in [0.2, 0.25) is 0 Å². The molecule has 7 nitrogen and oxygen atoms in total. The number of nitrogens with zero attached hydrogens (tertiary/aromatic N) is 3. The Hall–Kier alpha value is -1.89. The van der Waals surface area contributed by atoms with E-state index in [0.29, 0.717) is 25.2 Å². The summed E-state index contributed by atoms with van der Waals surface area (Å²) in [6.45, 7) is 9.39. The maximum atomic E-state index is 10.9. The number of nitrogen functional groups attached to an aromatic ring is 1. The Balaban J connectivity index is 2.70. The van der Waals surface area contributed by atoms with Crippen LogP contribution in [0.4, 0.5) is 11.5 Å². The fourth-order valence-electron chi connectivity index (χ4n) is 2.05. The van der Waals surface area contributed by atoms with Gasteiger partial charge in [0.15, 0.2) is 0 Å². The minimum absolute atomic E-state index is 0.0255. The molecule has 20 heavy (non-hydrogen) atoms. The Labute approximate surface area is 118 Å². The van der Waals surface area contributed by atoms with Gasteiger partial charge in [-0.25, -0.2) is 0 Å². The molecular formula is C13H22N4O3. The normalized spacial score (nSPS) is 11.3. The van der Waals surface area contributed by atoms with Crippen molar-refractivity contribution in [1.29, 1.82) is 0 Å². The lowest BCUT2D eigenvalue weighted by molar-refractivity contribution is -0.386. The van der Waals surface area contributed by atoms with Crippen molar-refractivity contribution in [3.8, 4) is 5.88 Å². The average molecular weight is 282 g/mol. The van der Waals surface area contributed by atoms with Gasteiger partial charge < -0.3 is 10.5 Å². The zero-order valence-electron chi connectivity index (χ0n) is 12.4. The fourth-order valence-corrected chi connectivity index (χ4v) is 2.05. The van der Waals surface area contributed by atoms with Gasteiger partial charge in [0.1, 0.15) is 12.4 Å². The second-order valence-corrected chi connectivity index (χ2v) is 5.09. The number of hydrogen-bond donors (Lipinski definition) is 1. The fraction of sp³-hybridized carbons (Fsp3) is 0.615. The second-order valence-electron chi connectivity index (χ2n) is 5.09. The van der Waals surface area contributed by atoms with Crippen molar-refractivity contribution < 1.29 is 9.66 Å². The van der Waals surface area contributed by atoms with Crippen LogP contribution in [0.5, 0.6) is 5.88 Å². The lowest BCUT2D eigenvalue weighted by atomic mass is 10.2. The number of nitro groups is 1. The molecule has 0 bridgehead atoms. The molecule has 7 heteroatoms. The van der Waals surface area contributed by atoms with Crippen LogP contribution in [0.3, 0.4) is 0 Å². The molecule has 0 fully saturated rings. The monoisotopic (exact) mass is 282 g/mol. The number of pyridine rings is 1. The SMILES string of the molecule is CC(C)N(CCOc1nc(N)ccc1[N+](=O)[O-])C(C)C. The number of anilines is 1. The van der Waals surface area contributed by atoms with Crippen LogP contribution in [0.1, 0.15) is 27.7 Å². The Bertz CT molecular complexity index is 455. The first-order valence-corrected chi connectivity index (χ1v) is 6.62. The third kappa shape index (κ3) is 4.34. The molecule has 0 saturated heterocycles. The zero-order chi connectivity index (χ0) is 15.3. The van der Waals surface area contributed by atoms with E-state index in [-0.39, 0.29) is 17.4 Å². The molecule has 0 aliphatic rings. The van der Waals surface area contributed by atoms with Crippen LogP contribution in [0, 0.1) is 10.1 Å². The van der Waals surface area contributed by atoms with E-state index in [1.165, 1.54) is 12.1 Å². The first kappa shape index (κ1) is 16.2. The molecule has 2 N–H and O–H groups in total. The van der Waals surface area contributed by atoms with Crippen LogP contribution in [0.25, 0.3) is 0 Å². The number of rotatable bonds is 7. The molecule has 112 valence electrons. The molecule has 1 aromatic heterocycles. The highest BCUT2D eigenvalue weighted by atomic mass is 16.6. The summed E-state index contributed by atoms with van der Waals surface area (Å²) in [6.07, 6.45) is 0. The molecule has 0 amide bonds. The van der Waals surface area contributed by atoms with Crippen molar-refractivity contribution >= 4 is 11.5 Å². The third-order valence-electron chi connectivity index (χ3n) is 2.97. The van der Waals surface area contributed by atoms with E-state index >= 15 is 0 Å². The minimum atomic E-state index is -0.523. The quantitative estimate of drug-likeness (QED) is 0.607. The largest absolute Gasteiger partial charge is 0.471 e. The first-order chi connectivity index (χ1) is 9.32. The first-order valence-electron chi connectivity index (χ1n) is 6.62. The van der Waals surface area contributed by atoms with Gasteiger partial charge in [-0.2, -0.15) is 4.98 Å². The summed E-state index contributed by atoms with van der Waals surface area (Å²) >= 11 is 0. The Kier molecular flexibility index (Phi) is 5.69. The van der Waals surface area contributed by atoms with E-state index < -0.39 is 4.92 Å². The van der Waals surface area contributed by atoms with Crippen molar-refractivity contribution in [2.75, 3.05) is 18.9 Å². The lowest BCUT2D eigenvalue weighted by Gasteiger charge is -2.30. The highest BCUT2D eigenvalue weighted by Crippen LogP contribution is 2.25. The number of nitrogens with two attached hydrogens (primary N) is 1. The summed E-state index contributed by atoms with van der Waals surface area (Å²) in [5.41, 5.74) is 5.36. The van der Waals surface area contributed by atoms with Crippen LogP contribution in [-0.2, 0) is 0 Å². The van der Waals surface area contributed by atoms with E-state index in [0.717, 1.165) is 0 Å². The number of aromatic nitrogens is 1. The molecule has 0 radical (unpaired) electrons. The molecule has 0 atom stereocenters. The molecule has 0 aliphatic carbocycles. The van der Waals surface area contributed by atoms with Crippen molar-refractivity contribution in [1.82, 2.24) is 9.88 Å². The summed E-state index contributed by atoms with van der Waals surface area (Å²) in [4.78, 5) is 16.5. The standard InChI is InChI=1S/C13H22N4O3/c1-9(2)16(10(3)4)7-8-20-13-11(17(18)19)5-6-12(14)15-13/h5-6,9-10H,7-8H2,1-4H3,(H2,14,15). The van der Waals surface area contributed by atoms with E-state index in [9.17, 15) is 10.1 Å². The van der Waals surface area contributed by atoms with Crippen LogP contribution < -0.4 is 10.5 Å². The van der Waals surface area contributed by atoms with Gasteiger partial charge in [-0.15, -0.1) is 0 Å². The van der Waals surface area contributed by atoms with Crippen molar-refractivity contribution in [2.24, 2.45) is 0 Å². The average Bonchev–Trinajstić information content (AvgIpc) is 2.33. The van der Waals surface area contributed by atoms with Gasteiger partial charge in [-0.05, 0) is 33.8 Å². The maximum absolute atomic E-state index is 10.9. The van der Waals surface area contributed by atoms with Crippen molar-refractivity contribution in [3.63, 3.8) is 0 Å². The summed E-state index contributed by atoms with van der Waals surface area (Å²) in [5.74, 6) is 0.178. The summed E-state index contributed by atoms with van der Waals surface area (Å²) in [7, 11) is 0. The van der Waals surface area contributed by atoms with Gasteiger partial charge in [0.2, 0.25) is 0 Å². The smallest absolute Gasteiger partial charge is 0.331 e. The molecule has 0 spiro atoms. The Morgan fingerprint density at radius 1 is 1.35 bits per heavy atom. The predicted octanol–water partition coefficient (Wildman–Crippen LogP) is 2.07. The van der Waals surface area contributed by atoms with E-state index in [1.807, 2.05) is 0 Å². The molecule has 0 unspecified atom stereocenters. The number of hydrogen-bond acceptors (Lipinski definition) is 6. The van der Waals surface area contributed by atoms with Crippen molar-refractivity contribution in [3.05, 3.63) is 22.2 Å². The van der Waals surface area contributed by atoms with Crippen LogP contribution in [0.15, 0.2) is 12.1 Å². The molecule has 0 aromatic carbocycles. The van der Waals surface area contributed by atoms with Gasteiger partial charge in [-0.3, -0.25) is 15.0 Å². The molecule has 1 rings (SSSR count). The Morgan fingerprint density at radius 2 is 1.95 bits per heavy atom. The van der Waals surface area contributed by atoms with Crippen LogP contribution in [-0.4, -0.2) is 40.0 Å². The van der Waals surface area contributed by atoms with E-state index in [1.54, 1.807) is 0 Å². The highest BCUT2D eigenvalue weighted by Gasteiger charge is 2.18. The van der Waals surface area contributed by atoms with Gasteiger partial charge in [0, 0.05) is 24.7 Å². The van der Waals surface area contributed by atoms with E-state index in [4.69, 9.17) is 10.5 Å². The third-order valence-corrected chi connectivity index (χ3v) is 2.97. The van der Waals surface area contributed by atoms with Gasteiger partial charge in [0.25, 0.3) is 5.88 Å². The molecule has 0 aliphatic heterocycles. The van der Waals surface area contributed by atoms with Gasteiger partial charge in [-0.1, -0.05) is 0 Å². The molecular weight excluding hydrogens is 260 g/mol. The van der Waals surface area contributed by atoms with Gasteiger partial charge >= 0.3 is 5.69 Å². The Morgan fingerprint density at radius 3 is 2.45 bits per heavy atom. The summed E-state index contributed by atoms with van der Waals surface area (Å²) < 4.78 is 5.44. The zero-order valence-corrected chi connectivity index (χ0v) is 12.4. The highest BCUT2D eigenvalue weighted by molar-refractivity contribution is 5.46. The van der Waals surface area contributed by atoms with Crippen molar-refractivity contribution in [2.45, 2.75) is 39.8 Å². The predicted molar refractivity (Wildman–Crippen MR) is 77.8 cm³/mol. The molecule has 1 aromatic rings. The lowest BCUT2D eigenvalue weighted by Crippen LogP contribution is -2.39. The number of ether oxygens (including phenoxy) is 1. The van der Waals surface area contributed by atoms with Gasteiger partial charge in [0.05, 0.1) is 4.92 Å².